The van der Waals surface area contributed by atoms with Gasteiger partial charge in [-0.1, -0.05) is 6.07 Å². The standard InChI is InChI=1S/C18H21NO6.ClH/c1-23-13-3-5-14(6-4-13)24-8-9-25-18(22)15(19)10-12-2-7-16(20)17(21)11-12;/h2-7,11,15,20-21H,8-10,19H2,1H3;1H/t15-;/m0./s1. The molecule has 0 aliphatic heterocycles. The number of ether oxygens (including phenoxy) is 3. The van der Waals surface area contributed by atoms with E-state index in [1.54, 1.807) is 37.4 Å². The normalized spacial score (nSPS) is 11.2. The molecule has 2 aromatic carbocycles. The van der Waals surface area contributed by atoms with E-state index in [4.69, 9.17) is 19.9 Å². The zero-order chi connectivity index (χ0) is 18.2. The molecule has 2 aromatic rings. The molecule has 2 rings (SSSR count). The Kier molecular flexibility index (Phi) is 8.54. The van der Waals surface area contributed by atoms with Crippen LogP contribution >= 0.6 is 12.4 Å². The number of methoxy groups -OCH3 is 1. The number of phenolic OH excluding ortho intramolecular Hbond substituents is 2. The summed E-state index contributed by atoms with van der Waals surface area (Å²) in [5.74, 6) is 0.318. The number of esters is 1. The maximum Gasteiger partial charge on any atom is 0.323 e. The van der Waals surface area contributed by atoms with Crippen LogP contribution < -0.4 is 15.2 Å². The summed E-state index contributed by atoms with van der Waals surface area (Å²) in [4.78, 5) is 11.9. The van der Waals surface area contributed by atoms with Crippen molar-refractivity contribution >= 4 is 18.4 Å². The van der Waals surface area contributed by atoms with Gasteiger partial charge in [-0.25, -0.2) is 0 Å². The number of benzene rings is 2. The molecule has 26 heavy (non-hydrogen) atoms. The number of halogens is 1. The molecule has 0 fully saturated rings. The number of aromatic hydroxyl groups is 2. The molecule has 0 aliphatic carbocycles. The Morgan fingerprint density at radius 3 is 2.31 bits per heavy atom. The minimum Gasteiger partial charge on any atom is -0.504 e. The number of nitrogens with two attached hydrogens (primary N) is 1. The summed E-state index contributed by atoms with van der Waals surface area (Å²) in [5.41, 5.74) is 6.41. The van der Waals surface area contributed by atoms with Crippen molar-refractivity contribution in [1.82, 2.24) is 0 Å². The highest BCUT2D eigenvalue weighted by molar-refractivity contribution is 5.85. The predicted molar refractivity (Wildman–Crippen MR) is 98.1 cm³/mol. The van der Waals surface area contributed by atoms with Crippen LogP contribution in [0.1, 0.15) is 5.56 Å². The van der Waals surface area contributed by atoms with Crippen molar-refractivity contribution in [3.8, 4) is 23.0 Å². The van der Waals surface area contributed by atoms with Crippen LogP contribution in [0.25, 0.3) is 0 Å². The van der Waals surface area contributed by atoms with Crippen molar-refractivity contribution in [3.63, 3.8) is 0 Å². The highest BCUT2D eigenvalue weighted by Gasteiger charge is 2.16. The van der Waals surface area contributed by atoms with Crippen LogP contribution in [0.5, 0.6) is 23.0 Å². The highest BCUT2D eigenvalue weighted by Crippen LogP contribution is 2.25. The zero-order valence-electron chi connectivity index (χ0n) is 14.3. The lowest BCUT2D eigenvalue weighted by atomic mass is 10.1. The Labute approximate surface area is 157 Å². The van der Waals surface area contributed by atoms with Gasteiger partial charge in [0.15, 0.2) is 11.5 Å². The summed E-state index contributed by atoms with van der Waals surface area (Å²) in [6, 6.07) is 10.4. The van der Waals surface area contributed by atoms with Gasteiger partial charge in [0.2, 0.25) is 0 Å². The van der Waals surface area contributed by atoms with Crippen molar-refractivity contribution in [3.05, 3.63) is 48.0 Å². The fourth-order valence-corrected chi connectivity index (χ4v) is 2.11. The van der Waals surface area contributed by atoms with Crippen LogP contribution in [0.15, 0.2) is 42.5 Å². The van der Waals surface area contributed by atoms with E-state index >= 15 is 0 Å². The van der Waals surface area contributed by atoms with E-state index < -0.39 is 12.0 Å². The smallest absolute Gasteiger partial charge is 0.323 e. The second-order valence-corrected chi connectivity index (χ2v) is 5.33. The second kappa shape index (κ2) is 10.4. The van der Waals surface area contributed by atoms with Gasteiger partial charge in [-0.2, -0.15) is 0 Å². The molecule has 142 valence electrons. The van der Waals surface area contributed by atoms with Gasteiger partial charge in [0.05, 0.1) is 7.11 Å². The molecule has 0 radical (unpaired) electrons. The van der Waals surface area contributed by atoms with Gasteiger partial charge in [-0.05, 0) is 48.4 Å². The highest BCUT2D eigenvalue weighted by atomic mass is 35.5. The van der Waals surface area contributed by atoms with E-state index in [-0.39, 0.29) is 43.5 Å². The molecule has 0 amide bonds. The van der Waals surface area contributed by atoms with Crippen LogP contribution in [-0.4, -0.2) is 42.5 Å². The Bertz CT molecular complexity index is 707. The molecule has 0 aliphatic rings. The van der Waals surface area contributed by atoms with Crippen molar-refractivity contribution in [2.24, 2.45) is 5.73 Å². The first-order valence-electron chi connectivity index (χ1n) is 7.69. The van der Waals surface area contributed by atoms with Gasteiger partial charge in [0, 0.05) is 0 Å². The predicted octanol–water partition coefficient (Wildman–Crippen LogP) is 2.02. The minimum absolute atomic E-state index is 0. The Morgan fingerprint density at radius 1 is 1.04 bits per heavy atom. The first-order chi connectivity index (χ1) is 12.0. The summed E-state index contributed by atoms with van der Waals surface area (Å²) in [6.07, 6.45) is 0.187. The van der Waals surface area contributed by atoms with Gasteiger partial charge in [-0.15, -0.1) is 12.4 Å². The van der Waals surface area contributed by atoms with Gasteiger partial charge in [0.1, 0.15) is 30.8 Å². The van der Waals surface area contributed by atoms with Crippen LogP contribution in [0.3, 0.4) is 0 Å². The van der Waals surface area contributed by atoms with E-state index in [0.717, 1.165) is 5.75 Å². The summed E-state index contributed by atoms with van der Waals surface area (Å²) < 4.78 is 15.6. The van der Waals surface area contributed by atoms with Crippen LogP contribution in [0.2, 0.25) is 0 Å². The SMILES string of the molecule is COc1ccc(OCCOC(=O)[C@@H](N)Cc2ccc(O)c(O)c2)cc1.Cl. The average Bonchev–Trinajstić information content (AvgIpc) is 2.62. The van der Waals surface area contributed by atoms with Crippen LogP contribution in [0, 0.1) is 0 Å². The third kappa shape index (κ3) is 6.34. The Hall–Kier alpha value is -2.64. The molecule has 4 N–H and O–H groups in total. The quantitative estimate of drug-likeness (QED) is 0.363. The third-order valence-corrected chi connectivity index (χ3v) is 3.45. The van der Waals surface area contributed by atoms with Gasteiger partial charge in [0.25, 0.3) is 0 Å². The molecule has 7 nitrogen and oxygen atoms in total. The van der Waals surface area contributed by atoms with Gasteiger partial charge < -0.3 is 30.2 Å². The number of hydrogen-bond donors (Lipinski definition) is 3. The van der Waals surface area contributed by atoms with E-state index in [1.807, 2.05) is 0 Å². The van der Waals surface area contributed by atoms with E-state index in [1.165, 1.54) is 12.1 Å². The monoisotopic (exact) mass is 383 g/mol. The molecule has 0 heterocycles. The fraction of sp³-hybridized carbons (Fsp3) is 0.278. The Morgan fingerprint density at radius 2 is 1.69 bits per heavy atom. The van der Waals surface area contributed by atoms with Gasteiger partial charge >= 0.3 is 5.97 Å². The topological polar surface area (TPSA) is 111 Å². The lowest BCUT2D eigenvalue weighted by Gasteiger charge is -2.12. The van der Waals surface area contributed by atoms with E-state index in [2.05, 4.69) is 0 Å². The Balaban J connectivity index is 0.00000338. The van der Waals surface area contributed by atoms with Crippen molar-refractivity contribution in [2.45, 2.75) is 12.5 Å². The molecular formula is C18H22ClNO6. The van der Waals surface area contributed by atoms with Crippen molar-refractivity contribution in [2.75, 3.05) is 20.3 Å². The largest absolute Gasteiger partial charge is 0.504 e. The number of rotatable bonds is 8. The first kappa shape index (κ1) is 21.4. The van der Waals surface area contributed by atoms with Crippen molar-refractivity contribution < 1.29 is 29.2 Å². The molecule has 8 heteroatoms. The molecule has 0 spiro atoms. The summed E-state index contributed by atoms with van der Waals surface area (Å²) in [5, 5.41) is 18.7. The van der Waals surface area contributed by atoms with E-state index in [9.17, 15) is 15.0 Å². The maximum absolute atomic E-state index is 11.9. The number of carbonyl (C=O) groups is 1. The summed E-state index contributed by atoms with van der Waals surface area (Å²) >= 11 is 0. The average molecular weight is 384 g/mol. The fourth-order valence-electron chi connectivity index (χ4n) is 2.11. The third-order valence-electron chi connectivity index (χ3n) is 3.45. The first-order valence-corrected chi connectivity index (χ1v) is 7.69. The molecule has 0 unspecified atom stereocenters. The zero-order valence-corrected chi connectivity index (χ0v) is 15.1. The molecule has 0 bridgehead atoms. The molecule has 0 saturated heterocycles. The van der Waals surface area contributed by atoms with Crippen LogP contribution in [0.4, 0.5) is 0 Å². The second-order valence-electron chi connectivity index (χ2n) is 5.33. The van der Waals surface area contributed by atoms with Crippen molar-refractivity contribution in [1.29, 1.82) is 0 Å². The number of carbonyl (C=O) groups excluding carboxylic acids is 1. The van der Waals surface area contributed by atoms with Gasteiger partial charge in [-0.3, -0.25) is 4.79 Å². The maximum atomic E-state index is 11.9. The van der Waals surface area contributed by atoms with E-state index in [0.29, 0.717) is 11.3 Å². The summed E-state index contributed by atoms with van der Waals surface area (Å²) in [6.45, 7) is 0.268. The van der Waals surface area contributed by atoms with Crippen LogP contribution in [-0.2, 0) is 16.0 Å². The molecular weight excluding hydrogens is 362 g/mol. The molecule has 1 atom stereocenters. The molecule has 0 saturated carbocycles. The lowest BCUT2D eigenvalue weighted by Crippen LogP contribution is -2.35. The number of hydrogen-bond acceptors (Lipinski definition) is 7. The molecule has 0 aromatic heterocycles. The summed E-state index contributed by atoms with van der Waals surface area (Å²) in [7, 11) is 1.58. The minimum atomic E-state index is -0.870. The number of phenols is 2. The lowest BCUT2D eigenvalue weighted by molar-refractivity contribution is -0.145.